The molecule has 3 rings (SSSR count). The topological polar surface area (TPSA) is 55.8 Å². The number of nitrogens with zero attached hydrogens (tertiary/aromatic N) is 1. The van der Waals surface area contributed by atoms with Crippen LogP contribution in [-0.2, 0) is 4.79 Å². The van der Waals surface area contributed by atoms with Crippen LogP contribution in [0.1, 0.15) is 41.7 Å². The molecule has 1 aliphatic rings. The summed E-state index contributed by atoms with van der Waals surface area (Å²) in [6.07, 6.45) is 1.95. The van der Waals surface area contributed by atoms with Crippen LogP contribution >= 0.6 is 0 Å². The second-order valence-electron chi connectivity index (χ2n) is 6.37. The summed E-state index contributed by atoms with van der Waals surface area (Å²) in [5, 5.41) is 0. The summed E-state index contributed by atoms with van der Waals surface area (Å²) in [6, 6.07) is 15.2. The lowest BCUT2D eigenvalue weighted by molar-refractivity contribution is -0.134. The molecule has 26 heavy (non-hydrogen) atoms. The smallest absolute Gasteiger partial charge is 0.261 e. The standard InChI is InChI=1S/C21H23NO4/c1-15(23)17-10-11-19(20(13-17)25-2)26-14-21(24)22-12-6-9-18(22)16-7-4-3-5-8-16/h3-5,7-8,10-11,13,18H,6,9,12,14H2,1-2H3/t18-/m1/s1. The van der Waals surface area contributed by atoms with E-state index in [-0.39, 0.29) is 24.3 Å². The fourth-order valence-corrected chi connectivity index (χ4v) is 3.32. The Bertz CT molecular complexity index is 788. The van der Waals surface area contributed by atoms with Crippen molar-refractivity contribution >= 4 is 11.7 Å². The first kappa shape index (κ1) is 18.0. The molecular weight excluding hydrogens is 330 g/mol. The Kier molecular flexibility index (Phi) is 5.56. The van der Waals surface area contributed by atoms with Gasteiger partial charge in [-0.25, -0.2) is 0 Å². The molecule has 5 heteroatoms. The van der Waals surface area contributed by atoms with Crippen molar-refractivity contribution in [2.24, 2.45) is 0 Å². The molecule has 2 aromatic carbocycles. The average molecular weight is 353 g/mol. The molecule has 1 amide bonds. The van der Waals surface area contributed by atoms with Crippen LogP contribution < -0.4 is 9.47 Å². The molecule has 136 valence electrons. The predicted octanol–water partition coefficient (Wildman–Crippen LogP) is 3.64. The second kappa shape index (κ2) is 8.04. The molecule has 1 heterocycles. The Hall–Kier alpha value is -2.82. The number of ether oxygens (including phenoxy) is 2. The third-order valence-electron chi connectivity index (χ3n) is 4.68. The fraction of sp³-hybridized carbons (Fsp3) is 0.333. The van der Waals surface area contributed by atoms with Crippen molar-refractivity contribution in [2.45, 2.75) is 25.8 Å². The van der Waals surface area contributed by atoms with E-state index in [1.54, 1.807) is 18.2 Å². The van der Waals surface area contributed by atoms with Gasteiger partial charge < -0.3 is 14.4 Å². The summed E-state index contributed by atoms with van der Waals surface area (Å²) < 4.78 is 11.0. The molecule has 0 aliphatic carbocycles. The molecule has 0 saturated carbocycles. The zero-order valence-corrected chi connectivity index (χ0v) is 15.1. The van der Waals surface area contributed by atoms with E-state index in [0.717, 1.165) is 24.9 Å². The van der Waals surface area contributed by atoms with E-state index in [1.807, 2.05) is 23.1 Å². The molecule has 2 aromatic rings. The van der Waals surface area contributed by atoms with Crippen molar-refractivity contribution in [3.8, 4) is 11.5 Å². The number of benzene rings is 2. The number of likely N-dealkylation sites (tertiary alicyclic amines) is 1. The van der Waals surface area contributed by atoms with Crippen LogP contribution in [0.5, 0.6) is 11.5 Å². The number of hydrogen-bond acceptors (Lipinski definition) is 4. The Morgan fingerprint density at radius 2 is 1.88 bits per heavy atom. The van der Waals surface area contributed by atoms with E-state index in [4.69, 9.17) is 9.47 Å². The molecule has 1 saturated heterocycles. The maximum Gasteiger partial charge on any atom is 0.261 e. The Morgan fingerprint density at radius 1 is 1.12 bits per heavy atom. The highest BCUT2D eigenvalue weighted by molar-refractivity contribution is 5.94. The molecular formula is C21H23NO4. The third-order valence-corrected chi connectivity index (χ3v) is 4.68. The van der Waals surface area contributed by atoms with Crippen LogP contribution in [0, 0.1) is 0 Å². The van der Waals surface area contributed by atoms with Gasteiger partial charge in [-0.15, -0.1) is 0 Å². The molecule has 0 radical (unpaired) electrons. The maximum absolute atomic E-state index is 12.7. The van der Waals surface area contributed by atoms with Gasteiger partial charge in [-0.3, -0.25) is 9.59 Å². The summed E-state index contributed by atoms with van der Waals surface area (Å²) in [7, 11) is 1.51. The number of amides is 1. The van der Waals surface area contributed by atoms with Crippen molar-refractivity contribution in [3.05, 3.63) is 59.7 Å². The van der Waals surface area contributed by atoms with E-state index < -0.39 is 0 Å². The Labute approximate surface area is 153 Å². The van der Waals surface area contributed by atoms with Gasteiger partial charge >= 0.3 is 0 Å². The van der Waals surface area contributed by atoms with Crippen LogP contribution in [-0.4, -0.2) is 36.9 Å². The lowest BCUT2D eigenvalue weighted by Crippen LogP contribution is -2.34. The Balaban J connectivity index is 1.68. The minimum Gasteiger partial charge on any atom is -0.493 e. The van der Waals surface area contributed by atoms with Gasteiger partial charge in [-0.05, 0) is 43.5 Å². The van der Waals surface area contributed by atoms with Gasteiger partial charge in [-0.2, -0.15) is 0 Å². The fourth-order valence-electron chi connectivity index (χ4n) is 3.32. The van der Waals surface area contributed by atoms with E-state index in [0.29, 0.717) is 17.1 Å². The molecule has 0 bridgehead atoms. The van der Waals surface area contributed by atoms with Crippen LogP contribution in [0.3, 0.4) is 0 Å². The summed E-state index contributed by atoms with van der Waals surface area (Å²) in [6.45, 7) is 2.18. The summed E-state index contributed by atoms with van der Waals surface area (Å²) >= 11 is 0. The highest BCUT2D eigenvalue weighted by Crippen LogP contribution is 2.32. The van der Waals surface area contributed by atoms with Crippen molar-refractivity contribution < 1.29 is 19.1 Å². The van der Waals surface area contributed by atoms with Crippen LogP contribution in [0.15, 0.2) is 48.5 Å². The normalized spacial score (nSPS) is 16.4. The summed E-state index contributed by atoms with van der Waals surface area (Å²) in [5.74, 6) is 0.815. The molecule has 1 aliphatic heterocycles. The molecule has 0 N–H and O–H groups in total. The van der Waals surface area contributed by atoms with Gasteiger partial charge in [0.2, 0.25) is 0 Å². The quantitative estimate of drug-likeness (QED) is 0.744. The number of rotatable bonds is 6. The Morgan fingerprint density at radius 3 is 2.58 bits per heavy atom. The van der Waals surface area contributed by atoms with E-state index >= 15 is 0 Å². The lowest BCUT2D eigenvalue weighted by Gasteiger charge is -2.25. The van der Waals surface area contributed by atoms with Crippen LogP contribution in [0.2, 0.25) is 0 Å². The van der Waals surface area contributed by atoms with Crippen molar-refractivity contribution in [2.75, 3.05) is 20.3 Å². The first-order chi connectivity index (χ1) is 12.6. The van der Waals surface area contributed by atoms with Crippen LogP contribution in [0.25, 0.3) is 0 Å². The maximum atomic E-state index is 12.7. The average Bonchev–Trinajstić information content (AvgIpc) is 3.16. The van der Waals surface area contributed by atoms with E-state index in [9.17, 15) is 9.59 Å². The number of hydrogen-bond donors (Lipinski definition) is 0. The van der Waals surface area contributed by atoms with Crippen molar-refractivity contribution in [1.82, 2.24) is 4.90 Å². The third kappa shape index (κ3) is 3.87. The molecule has 0 unspecified atom stereocenters. The minimum atomic E-state index is -0.0564. The summed E-state index contributed by atoms with van der Waals surface area (Å²) in [4.78, 5) is 26.0. The second-order valence-corrected chi connectivity index (χ2v) is 6.37. The van der Waals surface area contributed by atoms with E-state index in [1.165, 1.54) is 14.0 Å². The highest BCUT2D eigenvalue weighted by atomic mass is 16.5. The molecule has 0 aromatic heterocycles. The van der Waals surface area contributed by atoms with Gasteiger partial charge in [0.05, 0.1) is 13.2 Å². The van der Waals surface area contributed by atoms with E-state index in [2.05, 4.69) is 12.1 Å². The number of methoxy groups -OCH3 is 1. The van der Waals surface area contributed by atoms with Gasteiger partial charge in [0, 0.05) is 12.1 Å². The monoisotopic (exact) mass is 353 g/mol. The van der Waals surface area contributed by atoms with Gasteiger partial charge in [0.25, 0.3) is 5.91 Å². The molecule has 5 nitrogen and oxygen atoms in total. The van der Waals surface area contributed by atoms with Crippen molar-refractivity contribution in [1.29, 1.82) is 0 Å². The van der Waals surface area contributed by atoms with Gasteiger partial charge in [0.15, 0.2) is 23.9 Å². The SMILES string of the molecule is COc1cc(C(C)=O)ccc1OCC(=O)N1CCC[C@@H]1c1ccccc1. The van der Waals surface area contributed by atoms with Gasteiger partial charge in [0.1, 0.15) is 0 Å². The minimum absolute atomic E-state index is 0.0472. The zero-order valence-electron chi connectivity index (χ0n) is 15.1. The first-order valence-electron chi connectivity index (χ1n) is 8.76. The zero-order chi connectivity index (χ0) is 18.5. The number of ketones is 1. The molecule has 1 fully saturated rings. The number of carbonyl (C=O) groups is 2. The first-order valence-corrected chi connectivity index (χ1v) is 8.76. The highest BCUT2D eigenvalue weighted by Gasteiger charge is 2.30. The molecule has 1 atom stereocenters. The summed E-state index contributed by atoms with van der Waals surface area (Å²) in [5.41, 5.74) is 1.70. The van der Waals surface area contributed by atoms with Crippen molar-refractivity contribution in [3.63, 3.8) is 0 Å². The number of carbonyl (C=O) groups excluding carboxylic acids is 2. The molecule has 0 spiro atoms. The lowest BCUT2D eigenvalue weighted by atomic mass is 10.0. The van der Waals surface area contributed by atoms with Gasteiger partial charge in [-0.1, -0.05) is 30.3 Å². The largest absolute Gasteiger partial charge is 0.493 e. The number of Topliss-reactive ketones (excluding diaryl/α,β-unsaturated/α-hetero) is 1. The predicted molar refractivity (Wildman–Crippen MR) is 98.6 cm³/mol. The van der Waals surface area contributed by atoms with Crippen LogP contribution in [0.4, 0.5) is 0 Å².